The molecule has 2 aromatic rings. The maximum absolute atomic E-state index is 5.79. The van der Waals surface area contributed by atoms with E-state index >= 15 is 0 Å². The Morgan fingerprint density at radius 1 is 1.22 bits per heavy atom. The van der Waals surface area contributed by atoms with Crippen molar-refractivity contribution in [1.82, 2.24) is 4.98 Å². The number of benzene rings is 1. The van der Waals surface area contributed by atoms with E-state index in [9.17, 15) is 0 Å². The third-order valence-corrected chi connectivity index (χ3v) is 3.01. The fourth-order valence-electron chi connectivity index (χ4n) is 1.65. The molecule has 0 aliphatic heterocycles. The number of hydrogen-bond acceptors (Lipinski definition) is 2. The molecule has 0 radical (unpaired) electrons. The SMILES string of the molecule is CC(C)c1cccc(Oc2cc(CCl)ccn2)c1. The summed E-state index contributed by atoms with van der Waals surface area (Å²) >= 11 is 5.79. The summed E-state index contributed by atoms with van der Waals surface area (Å²) in [5, 5.41) is 0. The van der Waals surface area contributed by atoms with Gasteiger partial charge in [-0.1, -0.05) is 26.0 Å². The molecule has 0 spiro atoms. The lowest BCUT2D eigenvalue weighted by Gasteiger charge is -2.09. The van der Waals surface area contributed by atoms with Crippen LogP contribution in [0.5, 0.6) is 11.6 Å². The Balaban J connectivity index is 2.20. The smallest absolute Gasteiger partial charge is 0.219 e. The van der Waals surface area contributed by atoms with Crippen molar-refractivity contribution in [2.75, 3.05) is 0 Å². The number of rotatable bonds is 4. The summed E-state index contributed by atoms with van der Waals surface area (Å²) in [6.45, 7) is 4.32. The standard InChI is InChI=1S/C15H16ClNO/c1-11(2)13-4-3-5-14(9-13)18-15-8-12(10-16)6-7-17-15/h3-9,11H,10H2,1-2H3. The predicted octanol–water partition coefficient (Wildman–Crippen LogP) is 4.74. The van der Waals surface area contributed by atoms with Gasteiger partial charge < -0.3 is 4.74 Å². The molecule has 1 heterocycles. The number of nitrogens with zero attached hydrogens (tertiary/aromatic N) is 1. The zero-order valence-corrected chi connectivity index (χ0v) is 11.3. The van der Waals surface area contributed by atoms with Gasteiger partial charge >= 0.3 is 0 Å². The monoisotopic (exact) mass is 261 g/mol. The van der Waals surface area contributed by atoms with Crippen LogP contribution in [0.1, 0.15) is 30.9 Å². The molecule has 3 heteroatoms. The van der Waals surface area contributed by atoms with Gasteiger partial charge in [0.2, 0.25) is 5.88 Å². The highest BCUT2D eigenvalue weighted by atomic mass is 35.5. The van der Waals surface area contributed by atoms with Crippen LogP contribution >= 0.6 is 11.6 Å². The van der Waals surface area contributed by atoms with Crippen LogP contribution in [0.2, 0.25) is 0 Å². The van der Waals surface area contributed by atoms with Gasteiger partial charge in [-0.2, -0.15) is 0 Å². The molecule has 18 heavy (non-hydrogen) atoms. The molecule has 0 amide bonds. The van der Waals surface area contributed by atoms with E-state index in [1.54, 1.807) is 6.20 Å². The third kappa shape index (κ3) is 3.23. The summed E-state index contributed by atoms with van der Waals surface area (Å²) in [6.07, 6.45) is 1.71. The van der Waals surface area contributed by atoms with Crippen molar-refractivity contribution in [1.29, 1.82) is 0 Å². The lowest BCUT2D eigenvalue weighted by atomic mass is 10.0. The molecule has 0 aliphatic rings. The number of ether oxygens (including phenoxy) is 1. The van der Waals surface area contributed by atoms with Gasteiger partial charge in [0.25, 0.3) is 0 Å². The van der Waals surface area contributed by atoms with Gasteiger partial charge in [-0.25, -0.2) is 4.98 Å². The summed E-state index contributed by atoms with van der Waals surface area (Å²) in [5.41, 5.74) is 2.25. The summed E-state index contributed by atoms with van der Waals surface area (Å²) in [6, 6.07) is 11.8. The van der Waals surface area contributed by atoms with Gasteiger partial charge in [0.15, 0.2) is 0 Å². The van der Waals surface area contributed by atoms with Crippen molar-refractivity contribution in [3.05, 3.63) is 53.7 Å². The van der Waals surface area contributed by atoms with Gasteiger partial charge in [-0.3, -0.25) is 0 Å². The summed E-state index contributed by atoms with van der Waals surface area (Å²) in [7, 11) is 0. The fourth-order valence-corrected chi connectivity index (χ4v) is 1.81. The lowest BCUT2D eigenvalue weighted by Crippen LogP contribution is -1.91. The van der Waals surface area contributed by atoms with E-state index in [-0.39, 0.29) is 0 Å². The first-order valence-electron chi connectivity index (χ1n) is 5.97. The molecular formula is C15H16ClNO. The fraction of sp³-hybridized carbons (Fsp3) is 0.267. The van der Waals surface area contributed by atoms with Gasteiger partial charge in [0.05, 0.1) is 0 Å². The molecule has 0 fully saturated rings. The zero-order chi connectivity index (χ0) is 13.0. The molecule has 1 aromatic carbocycles. The van der Waals surface area contributed by atoms with Crippen molar-refractivity contribution < 1.29 is 4.74 Å². The molecule has 0 bridgehead atoms. The molecule has 0 atom stereocenters. The van der Waals surface area contributed by atoms with Gasteiger partial charge in [-0.05, 0) is 35.2 Å². The van der Waals surface area contributed by atoms with Crippen LogP contribution in [0.25, 0.3) is 0 Å². The van der Waals surface area contributed by atoms with E-state index in [1.165, 1.54) is 5.56 Å². The second-order valence-corrected chi connectivity index (χ2v) is 4.73. The zero-order valence-electron chi connectivity index (χ0n) is 10.6. The summed E-state index contributed by atoms with van der Waals surface area (Å²) in [4.78, 5) is 4.18. The van der Waals surface area contributed by atoms with Crippen LogP contribution < -0.4 is 4.74 Å². The first kappa shape index (κ1) is 12.9. The van der Waals surface area contributed by atoms with Crippen LogP contribution in [-0.2, 0) is 5.88 Å². The topological polar surface area (TPSA) is 22.1 Å². The van der Waals surface area contributed by atoms with E-state index in [0.717, 1.165) is 11.3 Å². The van der Waals surface area contributed by atoms with Crippen molar-refractivity contribution in [3.8, 4) is 11.6 Å². The molecule has 94 valence electrons. The first-order valence-corrected chi connectivity index (χ1v) is 6.51. The highest BCUT2D eigenvalue weighted by Gasteiger charge is 2.03. The molecule has 0 saturated heterocycles. The molecule has 1 aromatic heterocycles. The van der Waals surface area contributed by atoms with Crippen molar-refractivity contribution in [2.45, 2.75) is 25.6 Å². The van der Waals surface area contributed by atoms with Crippen molar-refractivity contribution in [2.24, 2.45) is 0 Å². The Kier molecular flexibility index (Phi) is 4.21. The second kappa shape index (κ2) is 5.87. The van der Waals surface area contributed by atoms with E-state index in [4.69, 9.17) is 16.3 Å². The average molecular weight is 262 g/mol. The van der Waals surface area contributed by atoms with Gasteiger partial charge in [0, 0.05) is 18.1 Å². The second-order valence-electron chi connectivity index (χ2n) is 4.47. The highest BCUT2D eigenvalue weighted by Crippen LogP contribution is 2.24. The Bertz CT molecular complexity index is 525. The Labute approximate surface area is 113 Å². The van der Waals surface area contributed by atoms with Gasteiger partial charge in [0.1, 0.15) is 5.75 Å². The minimum atomic E-state index is 0.463. The molecule has 0 N–H and O–H groups in total. The number of pyridine rings is 1. The normalized spacial score (nSPS) is 10.7. The molecule has 2 rings (SSSR count). The summed E-state index contributed by atoms with van der Waals surface area (Å²) < 4.78 is 5.74. The number of halogens is 1. The highest BCUT2D eigenvalue weighted by molar-refractivity contribution is 6.17. The van der Waals surface area contributed by atoms with Crippen LogP contribution in [0.3, 0.4) is 0 Å². The molecule has 2 nitrogen and oxygen atoms in total. The summed E-state index contributed by atoms with van der Waals surface area (Å²) in [5.74, 6) is 2.33. The quantitative estimate of drug-likeness (QED) is 0.742. The number of alkyl halides is 1. The minimum Gasteiger partial charge on any atom is -0.439 e. The van der Waals surface area contributed by atoms with Crippen molar-refractivity contribution >= 4 is 11.6 Å². The first-order chi connectivity index (χ1) is 8.69. The molecule has 0 aliphatic carbocycles. The molecular weight excluding hydrogens is 246 g/mol. The van der Waals surface area contributed by atoms with Gasteiger partial charge in [-0.15, -0.1) is 11.6 Å². The Morgan fingerprint density at radius 2 is 2.06 bits per heavy atom. The minimum absolute atomic E-state index is 0.463. The van der Waals surface area contributed by atoms with Crippen LogP contribution in [0.4, 0.5) is 0 Å². The maximum atomic E-state index is 5.79. The van der Waals surface area contributed by atoms with Crippen LogP contribution in [-0.4, -0.2) is 4.98 Å². The molecule has 0 unspecified atom stereocenters. The average Bonchev–Trinajstić information content (AvgIpc) is 2.39. The van der Waals surface area contributed by atoms with Crippen molar-refractivity contribution in [3.63, 3.8) is 0 Å². The molecule has 0 saturated carbocycles. The maximum Gasteiger partial charge on any atom is 0.219 e. The van der Waals surface area contributed by atoms with E-state index in [1.807, 2.05) is 30.3 Å². The number of hydrogen-bond donors (Lipinski definition) is 0. The Hall–Kier alpha value is -1.54. The third-order valence-electron chi connectivity index (χ3n) is 2.70. The predicted molar refractivity (Wildman–Crippen MR) is 74.4 cm³/mol. The number of aromatic nitrogens is 1. The van der Waals surface area contributed by atoms with Crippen LogP contribution in [0, 0.1) is 0 Å². The largest absolute Gasteiger partial charge is 0.439 e. The van der Waals surface area contributed by atoms with E-state index in [0.29, 0.717) is 17.7 Å². The van der Waals surface area contributed by atoms with Crippen LogP contribution in [0.15, 0.2) is 42.6 Å². The van der Waals surface area contributed by atoms with E-state index < -0.39 is 0 Å². The van der Waals surface area contributed by atoms with E-state index in [2.05, 4.69) is 24.9 Å². The Morgan fingerprint density at radius 3 is 2.78 bits per heavy atom. The lowest BCUT2D eigenvalue weighted by molar-refractivity contribution is 0.461.